The summed E-state index contributed by atoms with van der Waals surface area (Å²) in [6, 6.07) is 39.4. The second-order valence-electron chi connectivity index (χ2n) is 8.59. The van der Waals surface area contributed by atoms with Crippen LogP contribution >= 0.6 is 0 Å². The minimum Gasteiger partial charge on any atom is -0.316 e. The molecule has 33 heavy (non-hydrogen) atoms. The normalized spacial score (nSPS) is 15.8. The van der Waals surface area contributed by atoms with E-state index in [-0.39, 0.29) is 18.1 Å². The highest BCUT2D eigenvalue weighted by atomic mass is 16.2. The molecule has 1 amide bonds. The number of nitrogens with zero attached hydrogens (tertiary/aromatic N) is 2. The molecule has 0 unspecified atom stereocenters. The highest BCUT2D eigenvalue weighted by molar-refractivity contribution is 6.00. The summed E-state index contributed by atoms with van der Waals surface area (Å²) in [6.45, 7) is 2.17. The van der Waals surface area contributed by atoms with Gasteiger partial charge in [-0.25, -0.2) is 0 Å². The number of benzene rings is 4. The molecular weight excluding hydrogens is 404 g/mol. The highest BCUT2D eigenvalue weighted by Crippen LogP contribution is 2.44. The summed E-state index contributed by atoms with van der Waals surface area (Å²) in [5.74, 6) is 0.105. The molecule has 0 fully saturated rings. The summed E-state index contributed by atoms with van der Waals surface area (Å²) in [5.41, 5.74) is 5.29. The number of rotatable bonds is 7. The quantitative estimate of drug-likeness (QED) is 0.314. The van der Waals surface area contributed by atoms with Crippen molar-refractivity contribution >= 4 is 17.3 Å². The number of fused-ring (bicyclic) bond motifs is 1. The van der Waals surface area contributed by atoms with E-state index in [1.165, 1.54) is 5.56 Å². The molecule has 3 heteroatoms. The molecule has 0 radical (unpaired) electrons. The number of aryl methyl sites for hydroxylation is 1. The van der Waals surface area contributed by atoms with Gasteiger partial charge in [-0.3, -0.25) is 4.79 Å². The lowest BCUT2D eigenvalue weighted by Crippen LogP contribution is -2.43. The van der Waals surface area contributed by atoms with Gasteiger partial charge in [0, 0.05) is 28.5 Å². The van der Waals surface area contributed by atoms with Gasteiger partial charge in [0.1, 0.15) is 6.17 Å². The summed E-state index contributed by atoms with van der Waals surface area (Å²) in [5, 5.41) is 0. The summed E-state index contributed by atoms with van der Waals surface area (Å²) < 4.78 is 0. The van der Waals surface area contributed by atoms with E-state index in [4.69, 9.17) is 0 Å². The van der Waals surface area contributed by atoms with Crippen LogP contribution in [0.25, 0.3) is 0 Å². The zero-order valence-corrected chi connectivity index (χ0v) is 18.8. The molecule has 1 aliphatic heterocycles. The second-order valence-corrected chi connectivity index (χ2v) is 8.59. The molecule has 0 saturated heterocycles. The van der Waals surface area contributed by atoms with Crippen LogP contribution in [0.1, 0.15) is 41.0 Å². The highest BCUT2D eigenvalue weighted by Gasteiger charge is 2.42. The second kappa shape index (κ2) is 9.33. The van der Waals surface area contributed by atoms with E-state index in [1.54, 1.807) is 0 Å². The smallest absolute Gasteiger partial charge is 0.256 e. The van der Waals surface area contributed by atoms with E-state index in [1.807, 2.05) is 36.4 Å². The van der Waals surface area contributed by atoms with Gasteiger partial charge in [-0.05, 0) is 55.7 Å². The molecule has 0 bridgehead atoms. The first-order valence-electron chi connectivity index (χ1n) is 11.6. The van der Waals surface area contributed by atoms with Crippen molar-refractivity contribution in [1.82, 2.24) is 4.90 Å². The van der Waals surface area contributed by atoms with Crippen LogP contribution in [-0.2, 0) is 6.42 Å². The third kappa shape index (κ3) is 4.14. The van der Waals surface area contributed by atoms with Crippen molar-refractivity contribution in [2.24, 2.45) is 0 Å². The predicted octanol–water partition coefficient (Wildman–Crippen LogP) is 7.00. The first kappa shape index (κ1) is 21.0. The first-order valence-corrected chi connectivity index (χ1v) is 11.6. The molecule has 0 aliphatic carbocycles. The van der Waals surface area contributed by atoms with Gasteiger partial charge in [-0.1, -0.05) is 84.9 Å². The average molecular weight is 433 g/mol. The molecule has 2 atom stereocenters. The number of carbonyl (C=O) groups excluding carboxylic acids is 1. The molecule has 0 aromatic heterocycles. The van der Waals surface area contributed by atoms with Crippen molar-refractivity contribution in [1.29, 1.82) is 0 Å². The Bertz CT molecular complexity index is 1170. The molecule has 4 aromatic rings. The lowest BCUT2D eigenvalue weighted by Gasteiger charge is -2.40. The van der Waals surface area contributed by atoms with Gasteiger partial charge >= 0.3 is 0 Å². The Kier molecular flexibility index (Phi) is 5.95. The molecule has 4 aromatic carbocycles. The SMILES string of the molecule is C[C@@H](CCc1ccccc1)N1C(=O)c2ccccc2[C@@H]1N(c1ccccc1)c1ccccc1. The molecule has 0 saturated carbocycles. The van der Waals surface area contributed by atoms with E-state index in [0.29, 0.717) is 0 Å². The number of para-hydroxylation sites is 2. The van der Waals surface area contributed by atoms with Crippen molar-refractivity contribution in [3.05, 3.63) is 132 Å². The average Bonchev–Trinajstić information content (AvgIpc) is 3.17. The Morgan fingerprint density at radius 1 is 0.727 bits per heavy atom. The van der Waals surface area contributed by atoms with Gasteiger partial charge in [-0.2, -0.15) is 0 Å². The fourth-order valence-electron chi connectivity index (χ4n) is 4.79. The Hall–Kier alpha value is -3.85. The monoisotopic (exact) mass is 432 g/mol. The van der Waals surface area contributed by atoms with Crippen LogP contribution in [0.5, 0.6) is 0 Å². The van der Waals surface area contributed by atoms with Crippen LogP contribution in [0.15, 0.2) is 115 Å². The third-order valence-corrected chi connectivity index (χ3v) is 6.45. The van der Waals surface area contributed by atoms with Gasteiger partial charge in [0.25, 0.3) is 5.91 Å². The Morgan fingerprint density at radius 2 is 1.24 bits per heavy atom. The molecule has 1 heterocycles. The lowest BCUT2D eigenvalue weighted by atomic mass is 10.0. The van der Waals surface area contributed by atoms with Crippen LogP contribution < -0.4 is 4.90 Å². The van der Waals surface area contributed by atoms with Crippen molar-refractivity contribution in [2.45, 2.75) is 32.0 Å². The Labute approximate surface area is 195 Å². The maximum Gasteiger partial charge on any atom is 0.256 e. The minimum atomic E-state index is -0.204. The molecule has 3 nitrogen and oxygen atoms in total. The minimum absolute atomic E-state index is 0.0741. The number of amides is 1. The van der Waals surface area contributed by atoms with Crippen LogP contribution in [0, 0.1) is 0 Å². The van der Waals surface area contributed by atoms with Gasteiger partial charge in [0.2, 0.25) is 0 Å². The van der Waals surface area contributed by atoms with Crippen LogP contribution in [0.3, 0.4) is 0 Å². The molecular formula is C30H28N2O. The lowest BCUT2D eigenvalue weighted by molar-refractivity contribution is 0.0640. The zero-order chi connectivity index (χ0) is 22.6. The van der Waals surface area contributed by atoms with Crippen LogP contribution in [0.2, 0.25) is 0 Å². The maximum absolute atomic E-state index is 13.7. The summed E-state index contributed by atoms with van der Waals surface area (Å²) in [7, 11) is 0. The number of carbonyl (C=O) groups is 1. The molecule has 1 aliphatic rings. The summed E-state index contributed by atoms with van der Waals surface area (Å²) in [4.78, 5) is 18.1. The van der Waals surface area contributed by atoms with Crippen LogP contribution in [0.4, 0.5) is 11.4 Å². The van der Waals surface area contributed by atoms with E-state index < -0.39 is 0 Å². The topological polar surface area (TPSA) is 23.6 Å². The van der Waals surface area contributed by atoms with Crippen molar-refractivity contribution in [2.75, 3.05) is 4.90 Å². The van der Waals surface area contributed by atoms with E-state index >= 15 is 0 Å². The predicted molar refractivity (Wildman–Crippen MR) is 135 cm³/mol. The van der Waals surface area contributed by atoms with E-state index in [0.717, 1.165) is 35.3 Å². The number of hydrogen-bond donors (Lipinski definition) is 0. The van der Waals surface area contributed by atoms with Crippen LogP contribution in [-0.4, -0.2) is 16.8 Å². The number of hydrogen-bond acceptors (Lipinski definition) is 2. The van der Waals surface area contributed by atoms with Crippen molar-refractivity contribution < 1.29 is 4.79 Å². The van der Waals surface area contributed by atoms with E-state index in [2.05, 4.69) is 95.6 Å². The first-order chi connectivity index (χ1) is 16.2. The van der Waals surface area contributed by atoms with Gasteiger partial charge < -0.3 is 9.80 Å². The standard InChI is InChI=1S/C30H28N2O/c1-23(21-22-24-13-5-2-6-14-24)31-29(27-19-11-12-20-28(27)30(31)33)32(25-15-7-3-8-16-25)26-17-9-4-10-18-26/h2-20,23,29H,21-22H2,1H3/t23-,29-/m0/s1. The summed E-state index contributed by atoms with van der Waals surface area (Å²) in [6.07, 6.45) is 1.63. The number of anilines is 2. The van der Waals surface area contributed by atoms with Crippen molar-refractivity contribution in [3.8, 4) is 0 Å². The summed E-state index contributed by atoms with van der Waals surface area (Å²) >= 11 is 0. The molecule has 0 spiro atoms. The zero-order valence-electron chi connectivity index (χ0n) is 18.8. The largest absolute Gasteiger partial charge is 0.316 e. The fourth-order valence-corrected chi connectivity index (χ4v) is 4.79. The van der Waals surface area contributed by atoms with Gasteiger partial charge in [0.05, 0.1) is 0 Å². The van der Waals surface area contributed by atoms with Crippen molar-refractivity contribution in [3.63, 3.8) is 0 Å². The Balaban J connectivity index is 1.57. The molecule has 164 valence electrons. The third-order valence-electron chi connectivity index (χ3n) is 6.45. The van der Waals surface area contributed by atoms with E-state index in [9.17, 15) is 4.79 Å². The Morgan fingerprint density at radius 3 is 1.85 bits per heavy atom. The maximum atomic E-state index is 13.7. The fraction of sp³-hybridized carbons (Fsp3) is 0.167. The van der Waals surface area contributed by atoms with Gasteiger partial charge in [0.15, 0.2) is 0 Å². The molecule has 0 N–H and O–H groups in total. The molecule has 5 rings (SSSR count). The van der Waals surface area contributed by atoms with Gasteiger partial charge in [-0.15, -0.1) is 0 Å².